The maximum Gasteiger partial charge on any atom is 0.191 e. The number of hydrogen-bond donors (Lipinski definition) is 2. The third kappa shape index (κ3) is 5.64. The van der Waals surface area contributed by atoms with E-state index in [2.05, 4.69) is 43.7 Å². The van der Waals surface area contributed by atoms with Crippen molar-refractivity contribution in [1.29, 1.82) is 0 Å². The lowest BCUT2D eigenvalue weighted by Gasteiger charge is -2.16. The van der Waals surface area contributed by atoms with Crippen LogP contribution in [0.4, 0.5) is 0 Å². The molecule has 1 unspecified atom stereocenters. The Hall–Kier alpha value is -1.02. The summed E-state index contributed by atoms with van der Waals surface area (Å²) in [5, 5.41) is 6.61. The average molecular weight is 478 g/mol. The molecule has 1 aromatic carbocycles. The zero-order chi connectivity index (χ0) is 15.2. The zero-order valence-electron chi connectivity index (χ0n) is 12.9. The van der Waals surface area contributed by atoms with Crippen molar-refractivity contribution in [3.8, 4) is 0 Å². The largest absolute Gasteiger partial charge is 0.464 e. The number of furan rings is 1. The van der Waals surface area contributed by atoms with Gasteiger partial charge >= 0.3 is 0 Å². The fraction of sp³-hybridized carbons (Fsp3) is 0.312. The van der Waals surface area contributed by atoms with Gasteiger partial charge in [0.25, 0.3) is 0 Å². The van der Waals surface area contributed by atoms with Gasteiger partial charge in [0, 0.05) is 18.1 Å². The van der Waals surface area contributed by atoms with Crippen LogP contribution in [0.2, 0.25) is 0 Å². The number of nitrogens with zero attached hydrogens (tertiary/aromatic N) is 1. The smallest absolute Gasteiger partial charge is 0.191 e. The van der Waals surface area contributed by atoms with E-state index in [0.29, 0.717) is 0 Å². The van der Waals surface area contributed by atoms with E-state index in [4.69, 9.17) is 4.42 Å². The molecule has 0 aliphatic carbocycles. The number of halogens is 2. The maximum absolute atomic E-state index is 5.62. The summed E-state index contributed by atoms with van der Waals surface area (Å²) in [6.07, 6.45) is 0. The Morgan fingerprint density at radius 3 is 2.45 bits per heavy atom. The van der Waals surface area contributed by atoms with Crippen LogP contribution in [0.3, 0.4) is 0 Å². The molecule has 2 aromatic rings. The third-order valence-electron chi connectivity index (χ3n) is 3.14. The van der Waals surface area contributed by atoms with Crippen LogP contribution in [0, 0.1) is 6.92 Å². The van der Waals surface area contributed by atoms with Gasteiger partial charge in [-0.15, -0.1) is 24.0 Å². The van der Waals surface area contributed by atoms with E-state index in [-0.39, 0.29) is 30.0 Å². The van der Waals surface area contributed by atoms with Crippen molar-refractivity contribution in [3.05, 3.63) is 58.0 Å². The summed E-state index contributed by atoms with van der Waals surface area (Å²) in [6, 6.07) is 12.2. The molecule has 0 aliphatic heterocycles. The van der Waals surface area contributed by atoms with Gasteiger partial charge in [-0.05, 0) is 43.7 Å². The fourth-order valence-electron chi connectivity index (χ4n) is 1.95. The molecule has 1 aromatic heterocycles. The van der Waals surface area contributed by atoms with Crippen molar-refractivity contribution in [2.75, 3.05) is 7.05 Å². The van der Waals surface area contributed by atoms with Gasteiger partial charge in [0.1, 0.15) is 11.5 Å². The van der Waals surface area contributed by atoms with Crippen LogP contribution in [-0.4, -0.2) is 13.0 Å². The van der Waals surface area contributed by atoms with Gasteiger partial charge in [-0.3, -0.25) is 4.99 Å². The summed E-state index contributed by atoms with van der Waals surface area (Å²) in [5.74, 6) is 2.56. The average Bonchev–Trinajstić information content (AvgIpc) is 2.91. The predicted molar refractivity (Wildman–Crippen MR) is 105 cm³/mol. The van der Waals surface area contributed by atoms with Crippen molar-refractivity contribution in [1.82, 2.24) is 10.6 Å². The Kier molecular flexibility index (Phi) is 7.95. The molecule has 1 atom stereocenters. The summed E-state index contributed by atoms with van der Waals surface area (Å²) >= 11 is 3.43. The lowest BCUT2D eigenvalue weighted by molar-refractivity contribution is 0.441. The molecule has 22 heavy (non-hydrogen) atoms. The zero-order valence-corrected chi connectivity index (χ0v) is 16.8. The first-order valence-electron chi connectivity index (χ1n) is 6.86. The maximum atomic E-state index is 5.62. The molecule has 0 bridgehead atoms. The molecule has 0 saturated heterocycles. The van der Waals surface area contributed by atoms with Crippen molar-refractivity contribution in [2.24, 2.45) is 4.99 Å². The van der Waals surface area contributed by atoms with Gasteiger partial charge < -0.3 is 15.1 Å². The van der Waals surface area contributed by atoms with Crippen molar-refractivity contribution >= 4 is 45.9 Å². The normalized spacial score (nSPS) is 12.5. The van der Waals surface area contributed by atoms with Crippen LogP contribution in [0.5, 0.6) is 0 Å². The third-order valence-corrected chi connectivity index (χ3v) is 3.67. The van der Waals surface area contributed by atoms with Gasteiger partial charge in [0.15, 0.2) is 5.96 Å². The molecule has 4 nitrogen and oxygen atoms in total. The van der Waals surface area contributed by atoms with Crippen molar-refractivity contribution < 1.29 is 4.42 Å². The Labute approximate surface area is 156 Å². The molecular formula is C16H21BrIN3O. The number of guanidine groups is 1. The number of nitrogens with one attached hydrogen (secondary N) is 2. The van der Waals surface area contributed by atoms with Crippen LogP contribution < -0.4 is 10.6 Å². The van der Waals surface area contributed by atoms with E-state index in [1.165, 1.54) is 5.56 Å². The van der Waals surface area contributed by atoms with E-state index in [9.17, 15) is 0 Å². The quantitative estimate of drug-likeness (QED) is 0.390. The molecule has 2 N–H and O–H groups in total. The first-order valence-corrected chi connectivity index (χ1v) is 7.65. The molecule has 0 spiro atoms. The summed E-state index contributed by atoms with van der Waals surface area (Å²) in [4.78, 5) is 4.24. The minimum Gasteiger partial charge on any atom is -0.464 e. The van der Waals surface area contributed by atoms with E-state index in [1.54, 1.807) is 7.05 Å². The van der Waals surface area contributed by atoms with Crippen LogP contribution in [0.1, 0.15) is 30.0 Å². The lowest BCUT2D eigenvalue weighted by Crippen LogP contribution is -2.38. The van der Waals surface area contributed by atoms with Crippen molar-refractivity contribution in [3.63, 3.8) is 0 Å². The highest BCUT2D eigenvalue weighted by molar-refractivity contribution is 14.0. The van der Waals surface area contributed by atoms with E-state index in [1.807, 2.05) is 38.1 Å². The monoisotopic (exact) mass is 477 g/mol. The van der Waals surface area contributed by atoms with Crippen molar-refractivity contribution in [2.45, 2.75) is 26.4 Å². The summed E-state index contributed by atoms with van der Waals surface area (Å²) in [6.45, 7) is 4.71. The predicted octanol–water partition coefficient (Wildman–Crippen LogP) is 4.39. The second kappa shape index (κ2) is 9.19. The highest BCUT2D eigenvalue weighted by Gasteiger charge is 2.11. The number of benzene rings is 1. The standard InChI is InChI=1S/C16H20BrN3O.HI/c1-11-4-9-15(21-11)12(2)20-16(18-3)19-10-13-5-7-14(17)8-6-13;/h4-9,12H,10H2,1-3H3,(H2,18,19,20);1H. The molecule has 0 saturated carbocycles. The molecule has 120 valence electrons. The van der Waals surface area contributed by atoms with E-state index < -0.39 is 0 Å². The van der Waals surface area contributed by atoms with Gasteiger partial charge in [-0.25, -0.2) is 0 Å². The molecule has 2 rings (SSSR count). The second-order valence-electron chi connectivity index (χ2n) is 4.87. The number of aryl methyl sites for hydroxylation is 1. The van der Waals surface area contributed by atoms with Crippen LogP contribution in [-0.2, 0) is 6.54 Å². The van der Waals surface area contributed by atoms with Crippen LogP contribution in [0.25, 0.3) is 0 Å². The fourth-order valence-corrected chi connectivity index (χ4v) is 2.21. The lowest BCUT2D eigenvalue weighted by atomic mass is 10.2. The minimum absolute atomic E-state index is 0. The van der Waals surface area contributed by atoms with E-state index >= 15 is 0 Å². The first kappa shape index (κ1) is 19.0. The number of aliphatic imine (C=N–C) groups is 1. The molecule has 0 fully saturated rings. The van der Waals surface area contributed by atoms with Gasteiger partial charge in [0.2, 0.25) is 0 Å². The molecule has 0 amide bonds. The Bertz CT molecular complexity index is 610. The van der Waals surface area contributed by atoms with Gasteiger partial charge in [-0.1, -0.05) is 28.1 Å². The Morgan fingerprint density at radius 2 is 1.91 bits per heavy atom. The summed E-state index contributed by atoms with van der Waals surface area (Å²) < 4.78 is 6.70. The molecule has 1 heterocycles. The van der Waals surface area contributed by atoms with Crippen LogP contribution in [0.15, 0.2) is 50.3 Å². The highest BCUT2D eigenvalue weighted by Crippen LogP contribution is 2.15. The van der Waals surface area contributed by atoms with E-state index in [0.717, 1.165) is 28.5 Å². The Morgan fingerprint density at radius 1 is 1.23 bits per heavy atom. The van der Waals surface area contributed by atoms with Crippen LogP contribution >= 0.6 is 39.9 Å². The Balaban J connectivity index is 0.00000242. The molecule has 6 heteroatoms. The number of rotatable bonds is 4. The SMILES string of the molecule is CN=C(NCc1ccc(Br)cc1)NC(C)c1ccc(C)o1.I. The molecule has 0 radical (unpaired) electrons. The number of hydrogen-bond acceptors (Lipinski definition) is 2. The molecular weight excluding hydrogens is 457 g/mol. The second-order valence-corrected chi connectivity index (χ2v) is 5.78. The topological polar surface area (TPSA) is 49.6 Å². The van der Waals surface area contributed by atoms with Gasteiger partial charge in [0.05, 0.1) is 6.04 Å². The van der Waals surface area contributed by atoms with Gasteiger partial charge in [-0.2, -0.15) is 0 Å². The summed E-state index contributed by atoms with van der Waals surface area (Å²) in [7, 11) is 1.76. The first-order chi connectivity index (χ1) is 10.1. The highest BCUT2D eigenvalue weighted by atomic mass is 127. The molecule has 0 aliphatic rings. The summed E-state index contributed by atoms with van der Waals surface area (Å²) in [5.41, 5.74) is 1.20. The minimum atomic E-state index is 0.